The Balaban J connectivity index is 0.900. The van der Waals surface area contributed by atoms with Gasteiger partial charge in [0.05, 0.1) is 23.7 Å². The Morgan fingerprint density at radius 1 is 0.936 bits per heavy atom. The highest BCUT2D eigenvalue weighted by atomic mass is 19.1. The molecule has 2 saturated heterocycles. The number of anilines is 2. The molecule has 47 heavy (non-hydrogen) atoms. The quantitative estimate of drug-likeness (QED) is 0.256. The normalized spacial score (nSPS) is 18.5. The van der Waals surface area contributed by atoms with E-state index >= 15 is 0 Å². The molecule has 11 heteroatoms. The molecule has 2 fully saturated rings. The van der Waals surface area contributed by atoms with Crippen LogP contribution >= 0.6 is 0 Å². The molecule has 5 aromatic rings. The van der Waals surface area contributed by atoms with Crippen molar-refractivity contribution >= 4 is 34.1 Å². The van der Waals surface area contributed by atoms with Crippen molar-refractivity contribution in [1.82, 2.24) is 30.0 Å². The molecule has 240 valence electrons. The first-order valence-corrected chi connectivity index (χ1v) is 16.0. The van der Waals surface area contributed by atoms with Crippen LogP contribution in [0.4, 0.5) is 15.8 Å². The summed E-state index contributed by atoms with van der Waals surface area (Å²) in [6, 6.07) is 20.2. The molecular formula is C36H37FN8O2. The SMILES string of the molecule is Cc1cnc(-c2ccc(N3CCN(C(=O)CN4CCC(C(=O)Nc5ccc6c(-c7ccc(F)cc7)n[nH]c6c5)C4)[C@@H](C)C3)cc2)nc1. The number of aromatic nitrogens is 4. The van der Waals surface area contributed by atoms with Crippen LogP contribution in [0.1, 0.15) is 18.9 Å². The Morgan fingerprint density at radius 3 is 2.43 bits per heavy atom. The highest BCUT2D eigenvalue weighted by Gasteiger charge is 2.33. The third-order valence-electron chi connectivity index (χ3n) is 9.17. The van der Waals surface area contributed by atoms with Crippen LogP contribution in [0.3, 0.4) is 0 Å². The fraction of sp³-hybridized carbons (Fsp3) is 0.306. The number of aryl methyl sites for hydroxylation is 1. The number of amides is 2. The minimum Gasteiger partial charge on any atom is -0.368 e. The van der Waals surface area contributed by atoms with Gasteiger partial charge in [0, 0.05) is 72.5 Å². The van der Waals surface area contributed by atoms with E-state index in [1.54, 1.807) is 12.1 Å². The standard InChI is InChI=1S/C36H37FN8O2/c1-23-18-38-35(39-19-23)26-5-10-30(11-6-26)44-15-16-45(24(2)20-44)33(46)22-43-14-13-27(21-43)36(47)40-29-9-12-31-32(17-29)41-42-34(31)25-3-7-28(37)8-4-25/h3-12,17-19,24,27H,13-16,20-22H2,1-2H3,(H,40,47)(H,41,42)/t24-,27?/m0/s1. The number of hydrogen-bond donors (Lipinski definition) is 2. The highest BCUT2D eigenvalue weighted by molar-refractivity contribution is 5.98. The number of halogens is 1. The maximum absolute atomic E-state index is 13.4. The van der Waals surface area contributed by atoms with Crippen LogP contribution in [-0.2, 0) is 9.59 Å². The summed E-state index contributed by atoms with van der Waals surface area (Å²) in [6.45, 7) is 7.79. The van der Waals surface area contributed by atoms with E-state index < -0.39 is 0 Å². The summed E-state index contributed by atoms with van der Waals surface area (Å²) >= 11 is 0. The van der Waals surface area contributed by atoms with Crippen LogP contribution in [-0.4, -0.2) is 87.1 Å². The van der Waals surface area contributed by atoms with Crippen molar-refractivity contribution in [2.24, 2.45) is 5.92 Å². The van der Waals surface area contributed by atoms with Crippen LogP contribution in [0, 0.1) is 18.7 Å². The van der Waals surface area contributed by atoms with Gasteiger partial charge in [0.2, 0.25) is 11.8 Å². The van der Waals surface area contributed by atoms with Crippen LogP contribution in [0.2, 0.25) is 0 Å². The third kappa shape index (κ3) is 6.57. The summed E-state index contributed by atoms with van der Waals surface area (Å²) in [7, 11) is 0. The van der Waals surface area contributed by atoms with Crippen molar-refractivity contribution in [3.8, 4) is 22.6 Å². The van der Waals surface area contributed by atoms with Gasteiger partial charge in [-0.1, -0.05) is 0 Å². The van der Waals surface area contributed by atoms with E-state index in [0.29, 0.717) is 44.1 Å². The van der Waals surface area contributed by atoms with Gasteiger partial charge in [0.1, 0.15) is 5.82 Å². The number of nitrogens with one attached hydrogen (secondary N) is 2. The van der Waals surface area contributed by atoms with E-state index in [1.165, 1.54) is 12.1 Å². The minimum atomic E-state index is -0.297. The Kier molecular flexibility index (Phi) is 8.38. The fourth-order valence-corrected chi connectivity index (χ4v) is 6.57. The lowest BCUT2D eigenvalue weighted by molar-refractivity contribution is -0.134. The molecule has 7 rings (SSSR count). The van der Waals surface area contributed by atoms with Gasteiger partial charge in [-0.05, 0) is 99.1 Å². The number of aromatic amines is 1. The van der Waals surface area contributed by atoms with Crippen molar-refractivity contribution < 1.29 is 14.0 Å². The summed E-state index contributed by atoms with van der Waals surface area (Å²) in [5, 5.41) is 11.3. The predicted molar refractivity (Wildman–Crippen MR) is 180 cm³/mol. The van der Waals surface area contributed by atoms with Crippen molar-refractivity contribution in [3.63, 3.8) is 0 Å². The van der Waals surface area contributed by atoms with Crippen LogP contribution in [0.5, 0.6) is 0 Å². The van der Waals surface area contributed by atoms with Gasteiger partial charge in [-0.3, -0.25) is 19.6 Å². The Hall–Kier alpha value is -5.16. The second-order valence-corrected chi connectivity index (χ2v) is 12.6. The first kappa shape index (κ1) is 30.5. The molecular weight excluding hydrogens is 595 g/mol. The number of fused-ring (bicyclic) bond motifs is 1. The van der Waals surface area contributed by atoms with Gasteiger partial charge in [0.15, 0.2) is 5.82 Å². The van der Waals surface area contributed by atoms with E-state index in [0.717, 1.165) is 52.1 Å². The molecule has 2 aliphatic heterocycles. The van der Waals surface area contributed by atoms with E-state index in [-0.39, 0.29) is 29.6 Å². The average molecular weight is 633 g/mol. The van der Waals surface area contributed by atoms with E-state index in [2.05, 4.69) is 54.3 Å². The summed E-state index contributed by atoms with van der Waals surface area (Å²) < 4.78 is 13.4. The third-order valence-corrected chi connectivity index (χ3v) is 9.17. The van der Waals surface area contributed by atoms with Crippen LogP contribution in [0.25, 0.3) is 33.5 Å². The van der Waals surface area contributed by atoms with Gasteiger partial charge in [-0.25, -0.2) is 14.4 Å². The smallest absolute Gasteiger partial charge is 0.237 e. The van der Waals surface area contributed by atoms with Crippen LogP contribution < -0.4 is 10.2 Å². The number of carbonyl (C=O) groups is 2. The predicted octanol–water partition coefficient (Wildman–Crippen LogP) is 5.13. The first-order valence-electron chi connectivity index (χ1n) is 16.0. The average Bonchev–Trinajstić information content (AvgIpc) is 3.73. The summed E-state index contributed by atoms with van der Waals surface area (Å²) in [4.78, 5) is 41.8. The van der Waals surface area contributed by atoms with Gasteiger partial charge < -0.3 is 15.1 Å². The maximum Gasteiger partial charge on any atom is 0.237 e. The van der Waals surface area contributed by atoms with E-state index in [9.17, 15) is 14.0 Å². The number of hydrogen-bond acceptors (Lipinski definition) is 7. The second-order valence-electron chi connectivity index (χ2n) is 12.6. The summed E-state index contributed by atoms with van der Waals surface area (Å²) in [6.07, 6.45) is 4.35. The monoisotopic (exact) mass is 632 g/mol. The van der Waals surface area contributed by atoms with Crippen molar-refractivity contribution in [2.75, 3.05) is 49.5 Å². The molecule has 2 amide bonds. The molecule has 2 N–H and O–H groups in total. The van der Waals surface area contributed by atoms with Crippen LogP contribution in [0.15, 0.2) is 79.1 Å². The van der Waals surface area contributed by atoms with E-state index in [4.69, 9.17) is 0 Å². The molecule has 1 unspecified atom stereocenters. The maximum atomic E-state index is 13.4. The number of piperazine rings is 1. The number of H-pyrrole nitrogens is 1. The fourth-order valence-electron chi connectivity index (χ4n) is 6.57. The van der Waals surface area contributed by atoms with Gasteiger partial charge in [-0.15, -0.1) is 0 Å². The molecule has 0 bridgehead atoms. The second kappa shape index (κ2) is 12.9. The number of benzene rings is 3. The molecule has 0 saturated carbocycles. The number of nitrogens with zero attached hydrogens (tertiary/aromatic N) is 6. The number of likely N-dealkylation sites (tertiary alicyclic amines) is 1. The van der Waals surface area contributed by atoms with Crippen molar-refractivity contribution in [1.29, 1.82) is 0 Å². The first-order chi connectivity index (χ1) is 22.8. The lowest BCUT2D eigenvalue weighted by Crippen LogP contribution is -2.56. The van der Waals surface area contributed by atoms with Gasteiger partial charge in [-0.2, -0.15) is 5.10 Å². The molecule has 10 nitrogen and oxygen atoms in total. The Morgan fingerprint density at radius 2 is 1.68 bits per heavy atom. The molecule has 3 aromatic carbocycles. The minimum absolute atomic E-state index is 0.0560. The molecule has 2 aliphatic rings. The molecule has 0 radical (unpaired) electrons. The highest BCUT2D eigenvalue weighted by Crippen LogP contribution is 2.29. The molecule has 4 heterocycles. The summed E-state index contributed by atoms with van der Waals surface area (Å²) in [5.74, 6) is 0.264. The molecule has 2 aromatic heterocycles. The number of carbonyl (C=O) groups excluding carboxylic acids is 2. The lowest BCUT2D eigenvalue weighted by atomic mass is 10.1. The Labute approximate surface area is 272 Å². The molecule has 2 atom stereocenters. The molecule has 0 spiro atoms. The largest absolute Gasteiger partial charge is 0.368 e. The van der Waals surface area contributed by atoms with Crippen molar-refractivity contribution in [3.05, 3.63) is 90.5 Å². The summed E-state index contributed by atoms with van der Waals surface area (Å²) in [5.41, 5.74) is 6.12. The van der Waals surface area contributed by atoms with Gasteiger partial charge >= 0.3 is 0 Å². The zero-order valence-corrected chi connectivity index (χ0v) is 26.5. The zero-order valence-electron chi connectivity index (χ0n) is 26.5. The zero-order chi connectivity index (χ0) is 32.5. The lowest BCUT2D eigenvalue weighted by Gasteiger charge is -2.41. The number of rotatable bonds is 7. The van der Waals surface area contributed by atoms with E-state index in [1.807, 2.05) is 54.5 Å². The molecule has 0 aliphatic carbocycles. The topological polar surface area (TPSA) is 110 Å². The Bertz CT molecular complexity index is 1890. The van der Waals surface area contributed by atoms with Crippen molar-refractivity contribution in [2.45, 2.75) is 26.3 Å². The van der Waals surface area contributed by atoms with Gasteiger partial charge in [0.25, 0.3) is 0 Å².